The minimum absolute atomic E-state index is 0.259. The summed E-state index contributed by atoms with van der Waals surface area (Å²) in [5.74, 6) is -1.41. The summed E-state index contributed by atoms with van der Waals surface area (Å²) in [6, 6.07) is 3.35. The first-order chi connectivity index (χ1) is 7.61. The summed E-state index contributed by atoms with van der Waals surface area (Å²) in [5.41, 5.74) is 0.680. The number of hydrogen-bond donors (Lipinski definition) is 1. The highest BCUT2D eigenvalue weighted by Gasteiger charge is 2.11. The standard InChI is InChI=1S/C10H12N2O4/c1-12(8-2-4-11-5-3-8)9(13)6-16-7-10(14)15/h2-5H,6-7H2,1H3,(H,14,15). The second kappa shape index (κ2) is 5.82. The number of ether oxygens (including phenoxy) is 1. The summed E-state index contributed by atoms with van der Waals surface area (Å²) in [7, 11) is 1.59. The van der Waals surface area contributed by atoms with E-state index in [1.165, 1.54) is 4.90 Å². The molecule has 0 aliphatic heterocycles. The van der Waals surface area contributed by atoms with Crippen molar-refractivity contribution < 1.29 is 19.4 Å². The van der Waals surface area contributed by atoms with Crippen LogP contribution in [0.15, 0.2) is 24.5 Å². The molecule has 0 spiro atoms. The number of carbonyl (C=O) groups excluding carboxylic acids is 1. The van der Waals surface area contributed by atoms with E-state index in [1.54, 1.807) is 31.6 Å². The van der Waals surface area contributed by atoms with Gasteiger partial charge in [-0.1, -0.05) is 0 Å². The number of pyridine rings is 1. The largest absolute Gasteiger partial charge is 0.480 e. The lowest BCUT2D eigenvalue weighted by Crippen LogP contribution is -2.30. The van der Waals surface area contributed by atoms with Crippen LogP contribution in [0.4, 0.5) is 5.69 Å². The van der Waals surface area contributed by atoms with Crippen molar-refractivity contribution >= 4 is 17.6 Å². The molecule has 0 aliphatic rings. The summed E-state index contributed by atoms with van der Waals surface area (Å²) in [5, 5.41) is 8.32. The van der Waals surface area contributed by atoms with Crippen LogP contribution in [0.1, 0.15) is 0 Å². The van der Waals surface area contributed by atoms with Crippen molar-refractivity contribution in [3.8, 4) is 0 Å². The van der Waals surface area contributed by atoms with Gasteiger partial charge in [0.15, 0.2) is 0 Å². The lowest BCUT2D eigenvalue weighted by molar-refractivity contribution is -0.143. The van der Waals surface area contributed by atoms with Gasteiger partial charge in [0.1, 0.15) is 13.2 Å². The van der Waals surface area contributed by atoms with Crippen LogP contribution in [0, 0.1) is 0 Å². The van der Waals surface area contributed by atoms with E-state index < -0.39 is 12.6 Å². The van der Waals surface area contributed by atoms with Crippen molar-refractivity contribution in [2.45, 2.75) is 0 Å². The molecule has 6 heteroatoms. The minimum atomic E-state index is -1.10. The Balaban J connectivity index is 2.45. The predicted octanol–water partition coefficient (Wildman–Crippen LogP) is 0.146. The molecule has 0 radical (unpaired) electrons. The van der Waals surface area contributed by atoms with E-state index in [1.807, 2.05) is 0 Å². The molecule has 0 saturated heterocycles. The molecule has 0 fully saturated rings. The van der Waals surface area contributed by atoms with Crippen molar-refractivity contribution in [3.63, 3.8) is 0 Å². The number of amides is 1. The molecule has 86 valence electrons. The van der Waals surface area contributed by atoms with Crippen LogP contribution >= 0.6 is 0 Å². The fourth-order valence-corrected chi connectivity index (χ4v) is 1.03. The third kappa shape index (κ3) is 3.66. The smallest absolute Gasteiger partial charge is 0.329 e. The Labute approximate surface area is 92.5 Å². The van der Waals surface area contributed by atoms with Crippen LogP contribution in [-0.2, 0) is 14.3 Å². The maximum Gasteiger partial charge on any atom is 0.329 e. The van der Waals surface area contributed by atoms with Crippen LogP contribution in [0.2, 0.25) is 0 Å². The van der Waals surface area contributed by atoms with E-state index in [0.717, 1.165) is 0 Å². The van der Waals surface area contributed by atoms with Crippen LogP contribution in [-0.4, -0.2) is 42.2 Å². The number of anilines is 1. The highest BCUT2D eigenvalue weighted by molar-refractivity contribution is 5.93. The number of aromatic nitrogens is 1. The molecule has 1 heterocycles. The summed E-state index contributed by atoms with van der Waals surface area (Å²) in [4.78, 5) is 26.9. The van der Waals surface area contributed by atoms with E-state index in [0.29, 0.717) is 5.69 Å². The van der Waals surface area contributed by atoms with Gasteiger partial charge in [-0.15, -0.1) is 0 Å². The van der Waals surface area contributed by atoms with Crippen LogP contribution < -0.4 is 4.90 Å². The highest BCUT2D eigenvalue weighted by atomic mass is 16.5. The number of nitrogens with zero attached hydrogens (tertiary/aromatic N) is 2. The Kier molecular flexibility index (Phi) is 4.41. The molecule has 1 N–H and O–H groups in total. The number of carboxylic acid groups (broad SMARTS) is 1. The quantitative estimate of drug-likeness (QED) is 0.769. The number of rotatable bonds is 5. The Morgan fingerprint density at radius 3 is 2.56 bits per heavy atom. The number of carbonyl (C=O) groups is 2. The number of aliphatic carboxylic acids is 1. The second-order valence-electron chi connectivity index (χ2n) is 3.04. The van der Waals surface area contributed by atoms with Crippen molar-refractivity contribution in [1.29, 1.82) is 0 Å². The number of likely N-dealkylation sites (N-methyl/N-ethyl adjacent to an activating group) is 1. The zero-order chi connectivity index (χ0) is 12.0. The molecule has 1 aromatic heterocycles. The van der Waals surface area contributed by atoms with Gasteiger partial charge in [0.2, 0.25) is 0 Å². The zero-order valence-corrected chi connectivity index (χ0v) is 8.79. The van der Waals surface area contributed by atoms with Gasteiger partial charge < -0.3 is 14.7 Å². The topological polar surface area (TPSA) is 79.7 Å². The van der Waals surface area contributed by atoms with Gasteiger partial charge in [-0.2, -0.15) is 0 Å². The van der Waals surface area contributed by atoms with Gasteiger partial charge in [-0.25, -0.2) is 4.79 Å². The fourth-order valence-electron chi connectivity index (χ4n) is 1.03. The molecule has 6 nitrogen and oxygen atoms in total. The first-order valence-electron chi connectivity index (χ1n) is 4.57. The summed E-state index contributed by atoms with van der Waals surface area (Å²) in [6.07, 6.45) is 3.13. The molecule has 0 aromatic carbocycles. The van der Waals surface area contributed by atoms with E-state index in [9.17, 15) is 9.59 Å². The number of carboxylic acids is 1. The second-order valence-corrected chi connectivity index (χ2v) is 3.04. The van der Waals surface area contributed by atoms with Crippen molar-refractivity contribution in [3.05, 3.63) is 24.5 Å². The first kappa shape index (κ1) is 12.1. The van der Waals surface area contributed by atoms with Gasteiger partial charge in [0, 0.05) is 25.1 Å². The molecule has 0 bridgehead atoms. The van der Waals surface area contributed by atoms with Gasteiger partial charge in [-0.3, -0.25) is 9.78 Å². The predicted molar refractivity (Wildman–Crippen MR) is 56.1 cm³/mol. The SMILES string of the molecule is CN(C(=O)COCC(=O)O)c1ccncc1. The zero-order valence-electron chi connectivity index (χ0n) is 8.79. The van der Waals surface area contributed by atoms with Gasteiger partial charge in [0.25, 0.3) is 5.91 Å². The third-order valence-corrected chi connectivity index (χ3v) is 1.88. The molecule has 0 unspecified atom stereocenters. The van der Waals surface area contributed by atoms with Crippen molar-refractivity contribution in [2.24, 2.45) is 0 Å². The van der Waals surface area contributed by atoms with Crippen LogP contribution in [0.5, 0.6) is 0 Å². The maximum atomic E-state index is 11.5. The lowest BCUT2D eigenvalue weighted by Gasteiger charge is -2.16. The highest BCUT2D eigenvalue weighted by Crippen LogP contribution is 2.09. The molecule has 1 rings (SSSR count). The lowest BCUT2D eigenvalue weighted by atomic mass is 10.3. The Morgan fingerprint density at radius 1 is 1.38 bits per heavy atom. The number of hydrogen-bond acceptors (Lipinski definition) is 4. The Hall–Kier alpha value is -1.95. The van der Waals surface area contributed by atoms with E-state index in [2.05, 4.69) is 4.98 Å². The first-order valence-corrected chi connectivity index (χ1v) is 4.57. The molecule has 16 heavy (non-hydrogen) atoms. The molecular formula is C10H12N2O4. The summed E-state index contributed by atoms with van der Waals surface area (Å²) in [6.45, 7) is -0.735. The normalized spacial score (nSPS) is 9.81. The minimum Gasteiger partial charge on any atom is -0.480 e. The monoisotopic (exact) mass is 224 g/mol. The average molecular weight is 224 g/mol. The van der Waals surface area contributed by atoms with Gasteiger partial charge in [-0.05, 0) is 12.1 Å². The van der Waals surface area contributed by atoms with E-state index in [-0.39, 0.29) is 12.5 Å². The maximum absolute atomic E-state index is 11.5. The fraction of sp³-hybridized carbons (Fsp3) is 0.300. The molecule has 0 aliphatic carbocycles. The molecule has 0 atom stereocenters. The van der Waals surface area contributed by atoms with Crippen LogP contribution in [0.3, 0.4) is 0 Å². The summed E-state index contributed by atoms with van der Waals surface area (Å²) < 4.78 is 4.69. The third-order valence-electron chi connectivity index (χ3n) is 1.88. The van der Waals surface area contributed by atoms with Crippen LogP contribution in [0.25, 0.3) is 0 Å². The Bertz CT molecular complexity index is 366. The average Bonchev–Trinajstić information content (AvgIpc) is 2.28. The van der Waals surface area contributed by atoms with Crippen molar-refractivity contribution in [2.75, 3.05) is 25.2 Å². The Morgan fingerprint density at radius 2 is 2.00 bits per heavy atom. The molecule has 0 saturated carbocycles. The molecule has 1 aromatic rings. The van der Waals surface area contributed by atoms with Gasteiger partial charge in [0.05, 0.1) is 0 Å². The van der Waals surface area contributed by atoms with Gasteiger partial charge >= 0.3 is 5.97 Å². The van der Waals surface area contributed by atoms with E-state index in [4.69, 9.17) is 9.84 Å². The molecule has 1 amide bonds. The molecular weight excluding hydrogens is 212 g/mol. The van der Waals surface area contributed by atoms with Crippen molar-refractivity contribution in [1.82, 2.24) is 4.98 Å². The summed E-state index contributed by atoms with van der Waals surface area (Å²) >= 11 is 0. The van der Waals surface area contributed by atoms with E-state index >= 15 is 0 Å².